The molecule has 0 bridgehead atoms. The average molecular weight is 374 g/mol. The maximum Gasteiger partial charge on any atom is 0.244 e. The van der Waals surface area contributed by atoms with Gasteiger partial charge in [0.05, 0.1) is 13.7 Å². The molecule has 0 aromatic heterocycles. The Bertz CT molecular complexity index is 658. The van der Waals surface area contributed by atoms with E-state index in [4.69, 9.17) is 9.47 Å². The summed E-state index contributed by atoms with van der Waals surface area (Å²) in [6.45, 7) is 4.88. The van der Waals surface area contributed by atoms with Crippen LogP contribution >= 0.6 is 0 Å². The van der Waals surface area contributed by atoms with Gasteiger partial charge < -0.3 is 19.7 Å². The zero-order chi connectivity index (χ0) is 19.5. The van der Waals surface area contributed by atoms with Crippen LogP contribution in [0.15, 0.2) is 24.3 Å². The first-order valence-corrected chi connectivity index (χ1v) is 9.68. The Morgan fingerprint density at radius 3 is 2.85 bits per heavy atom. The molecule has 1 aliphatic rings. The van der Waals surface area contributed by atoms with Crippen LogP contribution in [0, 0.1) is 0 Å². The van der Waals surface area contributed by atoms with Gasteiger partial charge in [-0.25, -0.2) is 0 Å². The highest BCUT2D eigenvalue weighted by Crippen LogP contribution is 2.28. The van der Waals surface area contributed by atoms with Crippen molar-refractivity contribution in [3.8, 4) is 11.5 Å². The summed E-state index contributed by atoms with van der Waals surface area (Å²) in [5.74, 6) is 1.44. The average Bonchev–Trinajstić information content (AvgIpc) is 3.09. The quantitative estimate of drug-likeness (QED) is 0.478. The predicted octanol–water partition coefficient (Wildman–Crippen LogP) is 3.02. The predicted molar refractivity (Wildman–Crippen MR) is 106 cm³/mol. The van der Waals surface area contributed by atoms with E-state index in [0.717, 1.165) is 37.8 Å². The van der Waals surface area contributed by atoms with Gasteiger partial charge in [-0.15, -0.1) is 0 Å². The minimum absolute atomic E-state index is 0.148. The molecule has 6 heteroatoms. The maximum atomic E-state index is 11.9. The lowest BCUT2D eigenvalue weighted by atomic mass is 10.2. The van der Waals surface area contributed by atoms with Crippen molar-refractivity contribution in [1.82, 2.24) is 10.2 Å². The topological polar surface area (TPSA) is 67.9 Å². The number of carbonyl (C=O) groups excluding carboxylic acids is 2. The summed E-state index contributed by atoms with van der Waals surface area (Å²) in [5.41, 5.74) is 0.868. The zero-order valence-electron chi connectivity index (χ0n) is 16.3. The fraction of sp³-hybridized carbons (Fsp3) is 0.524. The highest BCUT2D eigenvalue weighted by molar-refractivity contribution is 5.91. The molecule has 1 heterocycles. The van der Waals surface area contributed by atoms with E-state index in [1.807, 2.05) is 23.1 Å². The SMILES string of the molecule is CCCCOc1ccc(/C=C/C(=O)NCCCN2CCCC2=O)cc1OC. The van der Waals surface area contributed by atoms with Crippen LogP contribution in [-0.2, 0) is 9.59 Å². The van der Waals surface area contributed by atoms with Crippen LogP contribution in [0.4, 0.5) is 0 Å². The summed E-state index contributed by atoms with van der Waals surface area (Å²) in [6.07, 6.45) is 7.69. The van der Waals surface area contributed by atoms with E-state index < -0.39 is 0 Å². The maximum absolute atomic E-state index is 11.9. The second-order valence-corrected chi connectivity index (χ2v) is 6.57. The molecule has 0 atom stereocenters. The third kappa shape index (κ3) is 6.96. The molecule has 1 fully saturated rings. The molecule has 6 nitrogen and oxygen atoms in total. The van der Waals surface area contributed by atoms with Crippen LogP contribution in [0.1, 0.15) is 44.6 Å². The van der Waals surface area contributed by atoms with Gasteiger partial charge in [-0.05, 0) is 43.0 Å². The Labute approximate surface area is 161 Å². The number of hydrogen-bond acceptors (Lipinski definition) is 4. The van der Waals surface area contributed by atoms with Crippen molar-refractivity contribution < 1.29 is 19.1 Å². The summed E-state index contributed by atoms with van der Waals surface area (Å²) in [4.78, 5) is 25.3. The third-order valence-electron chi connectivity index (χ3n) is 4.45. The molecule has 1 saturated heterocycles. The van der Waals surface area contributed by atoms with Crippen LogP contribution in [0.3, 0.4) is 0 Å². The summed E-state index contributed by atoms with van der Waals surface area (Å²) < 4.78 is 11.1. The van der Waals surface area contributed by atoms with Gasteiger partial charge in [-0.2, -0.15) is 0 Å². The Morgan fingerprint density at radius 2 is 2.15 bits per heavy atom. The lowest BCUT2D eigenvalue weighted by Gasteiger charge is -2.14. The van der Waals surface area contributed by atoms with Gasteiger partial charge in [0.2, 0.25) is 11.8 Å². The summed E-state index contributed by atoms with van der Waals surface area (Å²) >= 11 is 0. The third-order valence-corrected chi connectivity index (χ3v) is 4.45. The van der Waals surface area contributed by atoms with Crippen molar-refractivity contribution in [1.29, 1.82) is 0 Å². The molecule has 1 aromatic rings. The van der Waals surface area contributed by atoms with E-state index in [-0.39, 0.29) is 11.8 Å². The lowest BCUT2D eigenvalue weighted by Crippen LogP contribution is -2.29. The standard InChI is InChI=1S/C21H30N2O4/c1-3-4-15-27-18-10-8-17(16-19(18)26-2)9-11-20(24)22-12-6-14-23-13-5-7-21(23)25/h8-11,16H,3-7,12-15H2,1-2H3,(H,22,24)/b11-9+. The van der Waals surface area contributed by atoms with Gasteiger partial charge in [0.1, 0.15) is 0 Å². The van der Waals surface area contributed by atoms with Crippen LogP contribution in [0.2, 0.25) is 0 Å². The number of likely N-dealkylation sites (tertiary alicyclic amines) is 1. The number of benzene rings is 1. The molecule has 0 spiro atoms. The Balaban J connectivity index is 1.76. The van der Waals surface area contributed by atoms with E-state index in [2.05, 4.69) is 12.2 Å². The molecular weight excluding hydrogens is 344 g/mol. The number of nitrogens with zero attached hydrogens (tertiary/aromatic N) is 1. The van der Waals surface area contributed by atoms with Crippen LogP contribution < -0.4 is 14.8 Å². The Hall–Kier alpha value is -2.50. The number of amides is 2. The Kier molecular flexibility index (Phi) is 8.68. The van der Waals surface area contributed by atoms with Crippen molar-refractivity contribution in [2.24, 2.45) is 0 Å². The molecule has 0 aliphatic carbocycles. The van der Waals surface area contributed by atoms with E-state index in [0.29, 0.717) is 37.6 Å². The van der Waals surface area contributed by atoms with Crippen molar-refractivity contribution >= 4 is 17.9 Å². The van der Waals surface area contributed by atoms with Crippen LogP contribution in [0.25, 0.3) is 6.08 Å². The highest BCUT2D eigenvalue weighted by atomic mass is 16.5. The number of nitrogens with one attached hydrogen (secondary N) is 1. The number of rotatable bonds is 11. The monoisotopic (exact) mass is 374 g/mol. The van der Waals surface area contributed by atoms with Crippen molar-refractivity contribution in [2.75, 3.05) is 33.4 Å². The van der Waals surface area contributed by atoms with Crippen molar-refractivity contribution in [2.45, 2.75) is 39.0 Å². The summed E-state index contributed by atoms with van der Waals surface area (Å²) in [5, 5.41) is 2.85. The van der Waals surface area contributed by atoms with Gasteiger partial charge in [0.25, 0.3) is 0 Å². The highest BCUT2D eigenvalue weighted by Gasteiger charge is 2.18. The number of carbonyl (C=O) groups is 2. The minimum atomic E-state index is -0.148. The summed E-state index contributed by atoms with van der Waals surface area (Å²) in [7, 11) is 1.60. The molecule has 1 N–H and O–H groups in total. The molecule has 1 aromatic carbocycles. The molecule has 2 amide bonds. The lowest BCUT2D eigenvalue weighted by molar-refractivity contribution is -0.127. The smallest absolute Gasteiger partial charge is 0.244 e. The van der Waals surface area contributed by atoms with E-state index in [1.165, 1.54) is 6.08 Å². The van der Waals surface area contributed by atoms with E-state index in [9.17, 15) is 9.59 Å². The second kappa shape index (κ2) is 11.3. The molecule has 0 saturated carbocycles. The molecule has 1 aliphatic heterocycles. The van der Waals surface area contributed by atoms with Crippen LogP contribution in [-0.4, -0.2) is 50.1 Å². The van der Waals surface area contributed by atoms with Gasteiger partial charge >= 0.3 is 0 Å². The molecule has 27 heavy (non-hydrogen) atoms. The van der Waals surface area contributed by atoms with E-state index >= 15 is 0 Å². The first-order chi connectivity index (χ1) is 13.1. The number of unbranched alkanes of at least 4 members (excludes halogenated alkanes) is 1. The first kappa shape index (κ1) is 20.8. The van der Waals surface area contributed by atoms with Crippen molar-refractivity contribution in [3.05, 3.63) is 29.8 Å². The fourth-order valence-electron chi connectivity index (χ4n) is 2.89. The zero-order valence-corrected chi connectivity index (χ0v) is 16.3. The molecule has 0 radical (unpaired) electrons. The van der Waals surface area contributed by atoms with E-state index in [1.54, 1.807) is 13.2 Å². The Morgan fingerprint density at radius 1 is 1.30 bits per heavy atom. The number of methoxy groups -OCH3 is 1. The second-order valence-electron chi connectivity index (χ2n) is 6.57. The molecule has 2 rings (SSSR count). The molecule has 0 unspecified atom stereocenters. The molecule has 148 valence electrons. The molecular formula is C21H30N2O4. The van der Waals surface area contributed by atoms with Gasteiger partial charge in [-0.3, -0.25) is 9.59 Å². The number of ether oxygens (including phenoxy) is 2. The fourth-order valence-corrected chi connectivity index (χ4v) is 2.89. The van der Waals surface area contributed by atoms with Crippen molar-refractivity contribution in [3.63, 3.8) is 0 Å². The van der Waals surface area contributed by atoms with Gasteiger partial charge in [0.15, 0.2) is 11.5 Å². The minimum Gasteiger partial charge on any atom is -0.493 e. The van der Waals surface area contributed by atoms with Gasteiger partial charge in [-0.1, -0.05) is 19.4 Å². The van der Waals surface area contributed by atoms with Crippen LogP contribution in [0.5, 0.6) is 11.5 Å². The number of hydrogen-bond donors (Lipinski definition) is 1. The summed E-state index contributed by atoms with van der Waals surface area (Å²) in [6, 6.07) is 5.61. The first-order valence-electron chi connectivity index (χ1n) is 9.68. The van der Waals surface area contributed by atoms with Gasteiger partial charge in [0, 0.05) is 32.1 Å². The largest absolute Gasteiger partial charge is 0.493 e. The normalized spacial score (nSPS) is 14.0.